The molecule has 0 spiro atoms. The van der Waals surface area contributed by atoms with Crippen LogP contribution in [-0.2, 0) is 11.3 Å². The second-order valence-corrected chi connectivity index (χ2v) is 7.34. The molecule has 0 atom stereocenters. The Morgan fingerprint density at radius 2 is 2.08 bits per heavy atom. The molecule has 3 heterocycles. The third kappa shape index (κ3) is 3.67. The van der Waals surface area contributed by atoms with Crippen molar-refractivity contribution in [3.63, 3.8) is 0 Å². The highest BCUT2D eigenvalue weighted by molar-refractivity contribution is 7.13. The van der Waals surface area contributed by atoms with Crippen molar-refractivity contribution >= 4 is 28.8 Å². The number of thiophene rings is 1. The van der Waals surface area contributed by atoms with Crippen LogP contribution in [-0.4, -0.2) is 39.6 Å². The Morgan fingerprint density at radius 1 is 1.33 bits per heavy atom. The lowest BCUT2D eigenvalue weighted by Gasteiger charge is -2.31. The van der Waals surface area contributed by atoms with E-state index in [9.17, 15) is 9.59 Å². The van der Waals surface area contributed by atoms with Crippen LogP contribution in [0.5, 0.6) is 0 Å². The van der Waals surface area contributed by atoms with Gasteiger partial charge in [0, 0.05) is 36.6 Å². The molecule has 0 radical (unpaired) electrons. The number of nitrogens with zero attached hydrogens (tertiary/aromatic N) is 3. The molecule has 2 aromatic rings. The Balaban J connectivity index is 1.52. The van der Waals surface area contributed by atoms with Gasteiger partial charge >= 0.3 is 0 Å². The number of carbonyl (C=O) groups is 2. The predicted octanol–water partition coefficient (Wildman–Crippen LogP) is 2.76. The lowest BCUT2D eigenvalue weighted by Crippen LogP contribution is -2.41. The first-order valence-electron chi connectivity index (χ1n) is 8.26. The number of likely N-dealkylation sites (tertiary alicyclic amines) is 1. The number of aryl methyl sites for hydroxylation is 2. The molecule has 128 valence electrons. The van der Waals surface area contributed by atoms with Gasteiger partial charge in [-0.25, -0.2) is 0 Å². The summed E-state index contributed by atoms with van der Waals surface area (Å²) < 4.78 is 1.78. The topological polar surface area (TPSA) is 67.2 Å². The van der Waals surface area contributed by atoms with E-state index >= 15 is 0 Å². The SMILES string of the molecule is CCn1cc(NC(=O)C2CCN(C(=O)c3ccc(C)s3)CC2)cn1. The van der Waals surface area contributed by atoms with Crippen LogP contribution in [0.15, 0.2) is 24.5 Å². The van der Waals surface area contributed by atoms with Gasteiger partial charge in [-0.2, -0.15) is 5.10 Å². The maximum absolute atomic E-state index is 12.4. The van der Waals surface area contributed by atoms with Crippen molar-refractivity contribution in [2.75, 3.05) is 18.4 Å². The molecule has 7 heteroatoms. The maximum atomic E-state index is 12.4. The Morgan fingerprint density at radius 3 is 2.67 bits per heavy atom. The summed E-state index contributed by atoms with van der Waals surface area (Å²) in [5.41, 5.74) is 0.731. The van der Waals surface area contributed by atoms with Crippen LogP contribution in [0, 0.1) is 12.8 Å². The van der Waals surface area contributed by atoms with Gasteiger partial charge in [0.2, 0.25) is 5.91 Å². The lowest BCUT2D eigenvalue weighted by atomic mass is 9.95. The Labute approximate surface area is 145 Å². The van der Waals surface area contributed by atoms with Gasteiger partial charge in [-0.05, 0) is 38.8 Å². The standard InChI is InChI=1S/C17H22N4O2S/c1-3-21-11-14(10-18-21)19-16(22)13-6-8-20(9-7-13)17(23)15-5-4-12(2)24-15/h4-5,10-11,13H,3,6-9H2,1-2H3,(H,19,22). The van der Waals surface area contributed by atoms with Crippen molar-refractivity contribution in [1.82, 2.24) is 14.7 Å². The van der Waals surface area contributed by atoms with E-state index in [1.165, 1.54) is 11.3 Å². The number of nitrogens with one attached hydrogen (secondary N) is 1. The highest BCUT2D eigenvalue weighted by Crippen LogP contribution is 2.23. The fourth-order valence-corrected chi connectivity index (χ4v) is 3.73. The van der Waals surface area contributed by atoms with E-state index in [0.29, 0.717) is 25.9 Å². The van der Waals surface area contributed by atoms with Crippen LogP contribution in [0.1, 0.15) is 34.3 Å². The fourth-order valence-electron chi connectivity index (χ4n) is 2.90. The molecule has 0 unspecified atom stereocenters. The molecule has 1 aliphatic heterocycles. The number of piperidine rings is 1. The third-order valence-corrected chi connectivity index (χ3v) is 5.32. The number of hydrogen-bond donors (Lipinski definition) is 1. The number of amides is 2. The van der Waals surface area contributed by atoms with Crippen molar-refractivity contribution in [3.8, 4) is 0 Å². The summed E-state index contributed by atoms with van der Waals surface area (Å²) in [5.74, 6) is 0.0463. The molecule has 1 aliphatic rings. The summed E-state index contributed by atoms with van der Waals surface area (Å²) in [4.78, 5) is 28.6. The highest BCUT2D eigenvalue weighted by Gasteiger charge is 2.28. The summed E-state index contributed by atoms with van der Waals surface area (Å²) in [6, 6.07) is 3.85. The van der Waals surface area contributed by atoms with Crippen LogP contribution >= 0.6 is 11.3 Å². The van der Waals surface area contributed by atoms with Gasteiger partial charge in [0.1, 0.15) is 0 Å². The van der Waals surface area contributed by atoms with Crippen molar-refractivity contribution in [2.24, 2.45) is 5.92 Å². The Kier molecular flexibility index (Phi) is 4.99. The highest BCUT2D eigenvalue weighted by atomic mass is 32.1. The molecule has 0 bridgehead atoms. The molecule has 6 nitrogen and oxygen atoms in total. The largest absolute Gasteiger partial charge is 0.338 e. The fraction of sp³-hybridized carbons (Fsp3) is 0.471. The second kappa shape index (κ2) is 7.17. The smallest absolute Gasteiger partial charge is 0.263 e. The van der Waals surface area contributed by atoms with Crippen molar-refractivity contribution in [1.29, 1.82) is 0 Å². The van der Waals surface area contributed by atoms with Crippen LogP contribution in [0.25, 0.3) is 0 Å². The average molecular weight is 346 g/mol. The maximum Gasteiger partial charge on any atom is 0.263 e. The summed E-state index contributed by atoms with van der Waals surface area (Å²) in [7, 11) is 0. The summed E-state index contributed by atoms with van der Waals surface area (Å²) in [6.45, 7) is 6.03. The van der Waals surface area contributed by atoms with Gasteiger partial charge < -0.3 is 10.2 Å². The number of carbonyl (C=O) groups excluding carboxylic acids is 2. The van der Waals surface area contributed by atoms with Gasteiger partial charge in [-0.3, -0.25) is 14.3 Å². The lowest BCUT2D eigenvalue weighted by molar-refractivity contribution is -0.121. The van der Waals surface area contributed by atoms with Crippen molar-refractivity contribution < 1.29 is 9.59 Å². The van der Waals surface area contributed by atoms with E-state index in [-0.39, 0.29) is 17.7 Å². The first kappa shape index (κ1) is 16.7. The molecule has 0 aromatic carbocycles. The molecule has 1 fully saturated rings. The summed E-state index contributed by atoms with van der Waals surface area (Å²) >= 11 is 1.52. The summed E-state index contributed by atoms with van der Waals surface area (Å²) in [5, 5.41) is 7.08. The summed E-state index contributed by atoms with van der Waals surface area (Å²) in [6.07, 6.45) is 4.89. The minimum absolute atomic E-state index is 0.0183. The predicted molar refractivity (Wildman–Crippen MR) is 94.2 cm³/mol. The van der Waals surface area contributed by atoms with Gasteiger partial charge in [0.25, 0.3) is 5.91 Å². The van der Waals surface area contributed by atoms with Crippen molar-refractivity contribution in [3.05, 3.63) is 34.3 Å². The molecule has 0 saturated carbocycles. The van der Waals surface area contributed by atoms with Gasteiger partial charge in [0.05, 0.1) is 16.8 Å². The Hall–Kier alpha value is -2.15. The average Bonchev–Trinajstić information content (AvgIpc) is 3.23. The molecular weight excluding hydrogens is 324 g/mol. The molecule has 3 rings (SSSR count). The zero-order chi connectivity index (χ0) is 17.1. The van der Waals surface area contributed by atoms with Gasteiger partial charge in [-0.15, -0.1) is 11.3 Å². The second-order valence-electron chi connectivity index (χ2n) is 6.05. The number of rotatable bonds is 4. The van der Waals surface area contributed by atoms with E-state index in [2.05, 4.69) is 10.4 Å². The molecule has 24 heavy (non-hydrogen) atoms. The molecular formula is C17H22N4O2S. The van der Waals surface area contributed by atoms with E-state index in [1.807, 2.05) is 37.1 Å². The number of aromatic nitrogens is 2. The van der Waals surface area contributed by atoms with E-state index in [0.717, 1.165) is 22.0 Å². The molecule has 1 saturated heterocycles. The van der Waals surface area contributed by atoms with Crippen LogP contribution in [0.2, 0.25) is 0 Å². The normalized spacial score (nSPS) is 15.5. The van der Waals surface area contributed by atoms with E-state index in [4.69, 9.17) is 0 Å². The molecule has 2 aromatic heterocycles. The first-order chi connectivity index (χ1) is 11.6. The monoisotopic (exact) mass is 346 g/mol. The third-order valence-electron chi connectivity index (χ3n) is 4.33. The van der Waals surface area contributed by atoms with Crippen molar-refractivity contribution in [2.45, 2.75) is 33.2 Å². The van der Waals surface area contributed by atoms with E-state index < -0.39 is 0 Å². The molecule has 1 N–H and O–H groups in total. The van der Waals surface area contributed by atoms with Gasteiger partial charge in [-0.1, -0.05) is 0 Å². The number of hydrogen-bond acceptors (Lipinski definition) is 4. The van der Waals surface area contributed by atoms with Crippen LogP contribution in [0.3, 0.4) is 0 Å². The minimum Gasteiger partial charge on any atom is -0.338 e. The number of anilines is 1. The quantitative estimate of drug-likeness (QED) is 0.926. The first-order valence-corrected chi connectivity index (χ1v) is 9.07. The van der Waals surface area contributed by atoms with Gasteiger partial charge in [0.15, 0.2) is 0 Å². The zero-order valence-electron chi connectivity index (χ0n) is 14.0. The molecule has 0 aliphatic carbocycles. The zero-order valence-corrected chi connectivity index (χ0v) is 14.8. The van der Waals surface area contributed by atoms with Crippen LogP contribution in [0.4, 0.5) is 5.69 Å². The Bertz CT molecular complexity index is 729. The minimum atomic E-state index is -0.0518. The molecule has 2 amide bonds. The van der Waals surface area contributed by atoms with Crippen LogP contribution < -0.4 is 5.32 Å². The van der Waals surface area contributed by atoms with E-state index in [1.54, 1.807) is 10.9 Å².